The van der Waals surface area contributed by atoms with Crippen molar-refractivity contribution in [1.82, 2.24) is 15.5 Å². The van der Waals surface area contributed by atoms with E-state index in [2.05, 4.69) is 10.6 Å². The molecule has 4 rings (SSSR count). The molecule has 7 heteroatoms. The molecule has 6 nitrogen and oxygen atoms in total. The Kier molecular flexibility index (Phi) is 6.76. The van der Waals surface area contributed by atoms with Crippen LogP contribution in [0.2, 0.25) is 0 Å². The van der Waals surface area contributed by atoms with E-state index in [0.717, 1.165) is 17.5 Å². The molecule has 0 saturated carbocycles. The van der Waals surface area contributed by atoms with E-state index < -0.39 is 16.8 Å². The molecule has 2 heterocycles. The van der Waals surface area contributed by atoms with Crippen LogP contribution in [0.3, 0.4) is 0 Å². The van der Waals surface area contributed by atoms with E-state index in [1.165, 1.54) is 0 Å². The maximum Gasteiger partial charge on any atom is 0.256 e. The summed E-state index contributed by atoms with van der Waals surface area (Å²) in [6.45, 7) is 9.89. The van der Waals surface area contributed by atoms with Crippen LogP contribution in [0.25, 0.3) is 0 Å². The lowest BCUT2D eigenvalue weighted by Crippen LogP contribution is -2.58. The Morgan fingerprint density at radius 1 is 1.03 bits per heavy atom. The Morgan fingerprint density at radius 3 is 2.35 bits per heavy atom. The average Bonchev–Trinajstić information content (AvgIpc) is 3.26. The van der Waals surface area contributed by atoms with Gasteiger partial charge in [0.25, 0.3) is 5.91 Å². The highest BCUT2D eigenvalue weighted by molar-refractivity contribution is 8.01. The second kappa shape index (κ2) is 9.45. The Bertz CT molecular complexity index is 1090. The molecule has 3 amide bonds. The van der Waals surface area contributed by atoms with Crippen LogP contribution >= 0.6 is 11.8 Å². The lowest BCUT2D eigenvalue weighted by atomic mass is 9.95. The molecular formula is C27H33N3O3S. The number of thioether (sulfide) groups is 1. The van der Waals surface area contributed by atoms with Gasteiger partial charge in [-0.15, -0.1) is 11.8 Å². The SMILES string of the molecule is CC[C@H](C)[C@H](NC(=O)[C@@H]1N2C(=O)c3ccccc3[C@H]2SC1(C)C)C(=O)N[C@@H](C)c1ccccc1. The lowest BCUT2D eigenvalue weighted by Gasteiger charge is -2.32. The predicted octanol–water partition coefficient (Wildman–Crippen LogP) is 4.44. The van der Waals surface area contributed by atoms with Gasteiger partial charge < -0.3 is 15.5 Å². The summed E-state index contributed by atoms with van der Waals surface area (Å²) >= 11 is 1.62. The summed E-state index contributed by atoms with van der Waals surface area (Å²) in [5.41, 5.74) is 2.61. The molecule has 0 aliphatic carbocycles. The Hall–Kier alpha value is -2.80. The highest BCUT2D eigenvalue weighted by Crippen LogP contribution is 2.56. The molecule has 0 unspecified atom stereocenters. The topological polar surface area (TPSA) is 78.5 Å². The molecule has 0 spiro atoms. The summed E-state index contributed by atoms with van der Waals surface area (Å²) in [7, 11) is 0. The zero-order chi connectivity index (χ0) is 24.6. The standard InChI is InChI=1S/C27H33N3O3S/c1-6-16(2)21(23(31)28-17(3)18-12-8-7-9-13-18)29-24(32)22-27(4,5)34-26-20-15-11-10-14-19(20)25(33)30(22)26/h7-17,21-22,26H,6H2,1-5H3,(H,28,31)(H,29,32)/t16-,17-,21-,22-,26+/m0/s1. The first-order valence-corrected chi connectivity index (χ1v) is 12.8. The molecule has 180 valence electrons. The highest BCUT2D eigenvalue weighted by Gasteiger charge is 2.57. The summed E-state index contributed by atoms with van der Waals surface area (Å²) in [6.07, 6.45) is 0.734. The first-order valence-electron chi connectivity index (χ1n) is 11.9. The van der Waals surface area contributed by atoms with Crippen LogP contribution < -0.4 is 10.6 Å². The first kappa shape index (κ1) is 24.3. The van der Waals surface area contributed by atoms with Gasteiger partial charge in [0.1, 0.15) is 17.5 Å². The molecule has 0 bridgehead atoms. The van der Waals surface area contributed by atoms with Crippen LogP contribution in [-0.4, -0.2) is 39.5 Å². The molecule has 34 heavy (non-hydrogen) atoms. The summed E-state index contributed by atoms with van der Waals surface area (Å²) in [6, 6.07) is 15.8. The number of nitrogens with one attached hydrogen (secondary N) is 2. The second-order valence-corrected chi connectivity index (χ2v) is 11.5. The van der Waals surface area contributed by atoms with Crippen molar-refractivity contribution in [1.29, 1.82) is 0 Å². The fourth-order valence-corrected chi connectivity index (χ4v) is 6.46. The molecule has 1 saturated heterocycles. The summed E-state index contributed by atoms with van der Waals surface area (Å²) in [5, 5.41) is 5.89. The number of fused-ring (bicyclic) bond motifs is 3. The van der Waals surface area contributed by atoms with Gasteiger partial charge in [-0.05, 0) is 43.9 Å². The zero-order valence-electron chi connectivity index (χ0n) is 20.4. The number of hydrogen-bond acceptors (Lipinski definition) is 4. The van der Waals surface area contributed by atoms with Crippen molar-refractivity contribution in [2.24, 2.45) is 5.92 Å². The molecule has 0 aromatic heterocycles. The van der Waals surface area contributed by atoms with Crippen LogP contribution in [0.15, 0.2) is 54.6 Å². The van der Waals surface area contributed by atoms with Gasteiger partial charge in [-0.25, -0.2) is 0 Å². The molecule has 1 fully saturated rings. The number of benzene rings is 2. The number of amides is 3. The van der Waals surface area contributed by atoms with Gasteiger partial charge >= 0.3 is 0 Å². The molecule has 2 aliphatic heterocycles. The lowest BCUT2D eigenvalue weighted by molar-refractivity contribution is -0.133. The number of nitrogens with zero attached hydrogens (tertiary/aromatic N) is 1. The maximum atomic E-state index is 13.7. The third-order valence-electron chi connectivity index (χ3n) is 7.00. The maximum absolute atomic E-state index is 13.7. The summed E-state index contributed by atoms with van der Waals surface area (Å²) < 4.78 is -0.494. The fourth-order valence-electron chi connectivity index (χ4n) is 4.87. The second-order valence-electron chi connectivity index (χ2n) is 9.79. The Balaban J connectivity index is 1.55. The van der Waals surface area contributed by atoms with Crippen molar-refractivity contribution in [3.63, 3.8) is 0 Å². The normalized spacial score (nSPS) is 23.0. The monoisotopic (exact) mass is 479 g/mol. The van der Waals surface area contributed by atoms with Crippen LogP contribution in [0, 0.1) is 5.92 Å². The van der Waals surface area contributed by atoms with E-state index >= 15 is 0 Å². The van der Waals surface area contributed by atoms with Crippen LogP contribution in [0.1, 0.15) is 73.9 Å². The first-order chi connectivity index (χ1) is 16.2. The van der Waals surface area contributed by atoms with E-state index in [1.807, 2.05) is 89.2 Å². The number of rotatable bonds is 7. The minimum atomic E-state index is -0.691. The minimum Gasteiger partial charge on any atom is -0.348 e. The van der Waals surface area contributed by atoms with Gasteiger partial charge in [0.05, 0.1) is 6.04 Å². The van der Waals surface area contributed by atoms with E-state index in [9.17, 15) is 14.4 Å². The molecule has 2 aliphatic rings. The van der Waals surface area contributed by atoms with Crippen molar-refractivity contribution < 1.29 is 14.4 Å². The molecule has 2 N–H and O–H groups in total. The predicted molar refractivity (Wildman–Crippen MR) is 135 cm³/mol. The van der Waals surface area contributed by atoms with Gasteiger partial charge in [0.2, 0.25) is 11.8 Å². The number of hydrogen-bond donors (Lipinski definition) is 2. The van der Waals surface area contributed by atoms with Crippen LogP contribution in [-0.2, 0) is 9.59 Å². The Morgan fingerprint density at radius 2 is 1.68 bits per heavy atom. The average molecular weight is 480 g/mol. The van der Waals surface area contributed by atoms with Crippen molar-refractivity contribution in [2.75, 3.05) is 0 Å². The summed E-state index contributed by atoms with van der Waals surface area (Å²) in [4.78, 5) is 41.9. The highest BCUT2D eigenvalue weighted by atomic mass is 32.2. The van der Waals surface area contributed by atoms with Crippen molar-refractivity contribution >= 4 is 29.5 Å². The van der Waals surface area contributed by atoms with Crippen molar-refractivity contribution in [2.45, 2.75) is 69.3 Å². The van der Waals surface area contributed by atoms with Gasteiger partial charge in [-0.1, -0.05) is 68.8 Å². The van der Waals surface area contributed by atoms with Gasteiger partial charge in [0.15, 0.2) is 0 Å². The minimum absolute atomic E-state index is 0.0636. The van der Waals surface area contributed by atoms with Crippen LogP contribution in [0.4, 0.5) is 0 Å². The van der Waals surface area contributed by atoms with Crippen LogP contribution in [0.5, 0.6) is 0 Å². The summed E-state index contributed by atoms with van der Waals surface area (Å²) in [5.74, 6) is -0.684. The largest absolute Gasteiger partial charge is 0.348 e. The molecular weight excluding hydrogens is 446 g/mol. The smallest absolute Gasteiger partial charge is 0.256 e. The number of carbonyl (C=O) groups excluding carboxylic acids is 3. The Labute approximate surface area is 205 Å². The van der Waals surface area contributed by atoms with E-state index in [-0.39, 0.29) is 35.1 Å². The van der Waals surface area contributed by atoms with E-state index in [4.69, 9.17) is 0 Å². The zero-order valence-corrected chi connectivity index (χ0v) is 21.2. The molecule has 0 radical (unpaired) electrons. The van der Waals surface area contributed by atoms with E-state index in [0.29, 0.717) is 5.56 Å². The van der Waals surface area contributed by atoms with Crippen molar-refractivity contribution in [3.05, 3.63) is 71.3 Å². The fraction of sp³-hybridized carbons (Fsp3) is 0.444. The third kappa shape index (κ3) is 4.33. The van der Waals surface area contributed by atoms with Gasteiger partial charge in [-0.3, -0.25) is 14.4 Å². The number of carbonyl (C=O) groups is 3. The quantitative estimate of drug-likeness (QED) is 0.615. The molecule has 5 atom stereocenters. The molecule has 2 aromatic carbocycles. The van der Waals surface area contributed by atoms with E-state index in [1.54, 1.807) is 16.7 Å². The van der Waals surface area contributed by atoms with Gasteiger partial charge in [0, 0.05) is 10.3 Å². The van der Waals surface area contributed by atoms with Crippen molar-refractivity contribution in [3.8, 4) is 0 Å². The van der Waals surface area contributed by atoms with Gasteiger partial charge in [-0.2, -0.15) is 0 Å². The third-order valence-corrected chi connectivity index (χ3v) is 8.53. The molecule has 2 aromatic rings.